The van der Waals surface area contributed by atoms with Crippen LogP contribution in [0.5, 0.6) is 0 Å². The van der Waals surface area contributed by atoms with Gasteiger partial charge in [0.2, 0.25) is 0 Å². The molecule has 37 heavy (non-hydrogen) atoms. The number of aromatic amines is 2. The third kappa shape index (κ3) is 4.03. The van der Waals surface area contributed by atoms with Crippen LogP contribution >= 0.6 is 0 Å². The number of nitrogens with zero attached hydrogens (tertiary/aromatic N) is 6. The number of anilines is 1. The molecule has 8 nitrogen and oxygen atoms in total. The van der Waals surface area contributed by atoms with Crippen molar-refractivity contribution in [1.82, 2.24) is 35.0 Å². The Balaban J connectivity index is 1.28. The highest BCUT2D eigenvalue weighted by Crippen LogP contribution is 2.34. The molecule has 188 valence electrons. The minimum atomic E-state index is -0.418. The molecule has 4 aromatic heterocycles. The Morgan fingerprint density at radius 3 is 2.59 bits per heavy atom. The van der Waals surface area contributed by atoms with E-state index in [1.54, 1.807) is 12.4 Å². The Bertz CT molecular complexity index is 1580. The smallest absolute Gasteiger partial charge is 0.161 e. The average molecular weight is 497 g/mol. The fraction of sp³-hybridized carbons (Fsp3) is 0.357. The first-order valence-corrected chi connectivity index (χ1v) is 13.2. The fourth-order valence-corrected chi connectivity index (χ4v) is 5.77. The molecule has 0 saturated carbocycles. The highest BCUT2D eigenvalue weighted by atomic mass is 19.1. The lowest BCUT2D eigenvalue weighted by Gasteiger charge is -2.28. The first-order chi connectivity index (χ1) is 18.2. The van der Waals surface area contributed by atoms with Crippen LogP contribution in [0.1, 0.15) is 37.7 Å². The lowest BCUT2D eigenvalue weighted by atomic mass is 10.1. The molecule has 0 amide bonds. The van der Waals surface area contributed by atoms with Crippen LogP contribution < -0.4 is 4.90 Å². The predicted octanol–water partition coefficient (Wildman–Crippen LogP) is 5.29. The number of nitrogens with one attached hydrogen (secondary N) is 2. The second kappa shape index (κ2) is 9.23. The first kappa shape index (κ1) is 22.4. The van der Waals surface area contributed by atoms with Crippen molar-refractivity contribution in [2.45, 2.75) is 38.6 Å². The zero-order chi connectivity index (χ0) is 24.8. The third-order valence-corrected chi connectivity index (χ3v) is 7.63. The van der Waals surface area contributed by atoms with E-state index in [9.17, 15) is 0 Å². The van der Waals surface area contributed by atoms with Gasteiger partial charge in [0.25, 0.3) is 0 Å². The van der Waals surface area contributed by atoms with Crippen molar-refractivity contribution in [2.24, 2.45) is 0 Å². The molecule has 0 radical (unpaired) electrons. The first-order valence-electron chi connectivity index (χ1n) is 13.2. The van der Waals surface area contributed by atoms with Crippen molar-refractivity contribution in [2.75, 3.05) is 31.1 Å². The van der Waals surface area contributed by atoms with Crippen molar-refractivity contribution in [3.05, 3.63) is 54.2 Å². The van der Waals surface area contributed by atoms with E-state index in [-0.39, 0.29) is 5.69 Å². The van der Waals surface area contributed by atoms with Crippen molar-refractivity contribution < 1.29 is 4.39 Å². The lowest BCUT2D eigenvalue weighted by Crippen LogP contribution is -2.29. The second-order valence-electron chi connectivity index (χ2n) is 10.2. The average Bonchev–Trinajstić information content (AvgIpc) is 3.69. The van der Waals surface area contributed by atoms with Crippen LogP contribution in [-0.2, 0) is 6.54 Å². The zero-order valence-electron chi connectivity index (χ0n) is 20.7. The molecule has 9 heteroatoms. The highest BCUT2D eigenvalue weighted by Gasteiger charge is 2.22. The zero-order valence-corrected chi connectivity index (χ0v) is 20.7. The Morgan fingerprint density at radius 2 is 1.73 bits per heavy atom. The molecular weight excluding hydrogens is 467 g/mol. The summed E-state index contributed by atoms with van der Waals surface area (Å²) in [6.07, 6.45) is 11.3. The summed E-state index contributed by atoms with van der Waals surface area (Å²) in [6, 6.07) is 8.16. The predicted molar refractivity (Wildman–Crippen MR) is 143 cm³/mol. The minimum Gasteiger partial charge on any atom is -0.370 e. The Hall–Kier alpha value is -3.85. The number of fused-ring (bicyclic) bond motifs is 2. The molecule has 2 N–H and O–H groups in total. The van der Waals surface area contributed by atoms with Crippen LogP contribution in [0.25, 0.3) is 44.7 Å². The normalized spacial score (nSPS) is 16.8. The van der Waals surface area contributed by atoms with Crippen LogP contribution in [0.4, 0.5) is 10.1 Å². The third-order valence-electron chi connectivity index (χ3n) is 7.63. The maximum Gasteiger partial charge on any atom is 0.161 e. The summed E-state index contributed by atoms with van der Waals surface area (Å²) in [5, 5.41) is 7.78. The number of rotatable bonds is 5. The molecule has 0 atom stereocenters. The van der Waals surface area contributed by atoms with Crippen LogP contribution in [0.2, 0.25) is 0 Å². The number of para-hydroxylation sites is 1. The SMILES string of the molecule is Fc1c(-c2cncc(CN3CCCC3)c2)ncc2[nH]nc(-c3nc4c(N5CCCCC5)cccc4[nH]3)c12. The van der Waals surface area contributed by atoms with Gasteiger partial charge in [-0.25, -0.2) is 9.37 Å². The molecule has 2 aliphatic heterocycles. The molecule has 0 unspecified atom stereocenters. The second-order valence-corrected chi connectivity index (χ2v) is 10.2. The van der Waals surface area contributed by atoms with E-state index in [1.165, 1.54) is 32.1 Å². The molecule has 0 spiro atoms. The number of hydrogen-bond donors (Lipinski definition) is 2. The van der Waals surface area contributed by atoms with Crippen LogP contribution in [-0.4, -0.2) is 61.2 Å². The van der Waals surface area contributed by atoms with Crippen LogP contribution in [0.15, 0.2) is 42.9 Å². The summed E-state index contributed by atoms with van der Waals surface area (Å²) < 4.78 is 16.1. The van der Waals surface area contributed by atoms with Gasteiger partial charge in [0.15, 0.2) is 11.6 Å². The van der Waals surface area contributed by atoms with E-state index in [4.69, 9.17) is 4.98 Å². The van der Waals surface area contributed by atoms with Gasteiger partial charge < -0.3 is 9.88 Å². The maximum absolute atomic E-state index is 16.1. The van der Waals surface area contributed by atoms with Crippen LogP contribution in [0, 0.1) is 5.82 Å². The number of aromatic nitrogens is 6. The largest absolute Gasteiger partial charge is 0.370 e. The molecular formula is C28H29FN8. The molecule has 6 heterocycles. The minimum absolute atomic E-state index is 0.274. The lowest BCUT2D eigenvalue weighted by molar-refractivity contribution is 0.331. The number of pyridine rings is 2. The Labute approximate surface area is 213 Å². The van der Waals surface area contributed by atoms with E-state index in [0.29, 0.717) is 28.0 Å². The molecule has 2 fully saturated rings. The molecule has 7 rings (SSSR count). The topological polar surface area (TPSA) is 89.6 Å². The summed E-state index contributed by atoms with van der Waals surface area (Å²) in [5.41, 5.74) is 5.93. The molecule has 0 aliphatic carbocycles. The number of piperidine rings is 1. The van der Waals surface area contributed by atoms with Gasteiger partial charge in [-0.3, -0.25) is 20.0 Å². The number of benzene rings is 1. The molecule has 0 bridgehead atoms. The summed E-state index contributed by atoms with van der Waals surface area (Å²) in [5.74, 6) is 0.126. The van der Waals surface area contributed by atoms with Gasteiger partial charge in [-0.05, 0) is 69.0 Å². The van der Waals surface area contributed by atoms with Gasteiger partial charge in [-0.2, -0.15) is 5.10 Å². The summed E-state index contributed by atoms with van der Waals surface area (Å²) in [7, 11) is 0. The quantitative estimate of drug-likeness (QED) is 0.344. The van der Waals surface area contributed by atoms with Crippen molar-refractivity contribution in [3.63, 3.8) is 0 Å². The van der Waals surface area contributed by atoms with Gasteiger partial charge in [-0.1, -0.05) is 6.07 Å². The molecule has 5 aromatic rings. The van der Waals surface area contributed by atoms with E-state index >= 15 is 4.39 Å². The van der Waals surface area contributed by atoms with E-state index in [1.807, 2.05) is 24.4 Å². The van der Waals surface area contributed by atoms with Gasteiger partial charge >= 0.3 is 0 Å². The number of likely N-dealkylation sites (tertiary alicyclic amines) is 1. The Morgan fingerprint density at radius 1 is 0.892 bits per heavy atom. The molecule has 2 saturated heterocycles. The van der Waals surface area contributed by atoms with E-state index < -0.39 is 5.82 Å². The summed E-state index contributed by atoms with van der Waals surface area (Å²) in [4.78, 5) is 21.9. The molecule has 1 aromatic carbocycles. The van der Waals surface area contributed by atoms with Gasteiger partial charge in [0.05, 0.1) is 28.3 Å². The summed E-state index contributed by atoms with van der Waals surface area (Å²) in [6.45, 7) is 5.07. The number of imidazole rings is 1. The van der Waals surface area contributed by atoms with Gasteiger partial charge in [-0.15, -0.1) is 0 Å². The number of H-pyrrole nitrogens is 2. The fourth-order valence-electron chi connectivity index (χ4n) is 5.77. The standard InChI is InChI=1S/C28H29FN8/c29-24-23-21(16-31-25(24)19-13-18(14-30-15-19)17-36-9-4-5-10-36)34-35-27(23)28-32-20-7-6-8-22(26(20)33-28)37-11-2-1-3-12-37/h6-8,13-16H,1-5,9-12,17H2,(H,32,33)(H,34,35). The number of halogens is 1. The van der Waals surface area contributed by atoms with E-state index in [0.717, 1.165) is 55.0 Å². The van der Waals surface area contributed by atoms with E-state index in [2.05, 4.69) is 41.0 Å². The van der Waals surface area contributed by atoms with Gasteiger partial charge in [0, 0.05) is 37.6 Å². The Kier molecular flexibility index (Phi) is 5.57. The highest BCUT2D eigenvalue weighted by molar-refractivity contribution is 5.97. The maximum atomic E-state index is 16.1. The monoisotopic (exact) mass is 496 g/mol. The van der Waals surface area contributed by atoms with Crippen molar-refractivity contribution in [3.8, 4) is 22.8 Å². The van der Waals surface area contributed by atoms with Gasteiger partial charge in [0.1, 0.15) is 16.9 Å². The van der Waals surface area contributed by atoms with Crippen molar-refractivity contribution in [1.29, 1.82) is 0 Å². The van der Waals surface area contributed by atoms with Crippen LogP contribution in [0.3, 0.4) is 0 Å². The van der Waals surface area contributed by atoms with Crippen molar-refractivity contribution >= 4 is 27.6 Å². The molecule has 2 aliphatic rings. The summed E-state index contributed by atoms with van der Waals surface area (Å²) >= 11 is 0. The number of hydrogen-bond acceptors (Lipinski definition) is 6.